The molecule has 7 heteroatoms. The molecule has 1 aromatic heterocycles. The summed E-state index contributed by atoms with van der Waals surface area (Å²) >= 11 is 0. The van der Waals surface area contributed by atoms with Crippen molar-refractivity contribution in [1.82, 2.24) is 20.0 Å². The molecule has 156 valence electrons. The van der Waals surface area contributed by atoms with E-state index in [0.29, 0.717) is 19.1 Å². The highest BCUT2D eigenvalue weighted by atomic mass is 16.5. The van der Waals surface area contributed by atoms with E-state index in [1.165, 1.54) is 25.7 Å². The van der Waals surface area contributed by atoms with Gasteiger partial charge >= 0.3 is 0 Å². The van der Waals surface area contributed by atoms with Crippen LogP contribution < -0.4 is 0 Å². The van der Waals surface area contributed by atoms with Crippen LogP contribution in [0.3, 0.4) is 0 Å². The van der Waals surface area contributed by atoms with Crippen LogP contribution in [0.5, 0.6) is 0 Å². The van der Waals surface area contributed by atoms with E-state index < -0.39 is 11.5 Å². The Balaban J connectivity index is 1.32. The number of hydrogen-bond acceptors (Lipinski definition) is 4. The van der Waals surface area contributed by atoms with Crippen molar-refractivity contribution in [2.24, 2.45) is 11.8 Å². The van der Waals surface area contributed by atoms with Crippen LogP contribution in [0.15, 0.2) is 24.5 Å². The minimum atomic E-state index is -0.597. The second kappa shape index (κ2) is 7.27. The molecule has 2 unspecified atom stereocenters. The maximum atomic E-state index is 13.5. The van der Waals surface area contributed by atoms with Crippen LogP contribution in [0.2, 0.25) is 0 Å². The zero-order valence-electron chi connectivity index (χ0n) is 17.0. The van der Waals surface area contributed by atoms with Gasteiger partial charge < -0.3 is 14.5 Å². The number of nitrogens with zero attached hydrogens (tertiary/aromatic N) is 3. The fraction of sp³-hybridized carbons (Fsp3) is 0.682. The van der Waals surface area contributed by atoms with Gasteiger partial charge in [-0.3, -0.25) is 14.7 Å². The van der Waals surface area contributed by atoms with Crippen molar-refractivity contribution >= 4 is 11.8 Å². The van der Waals surface area contributed by atoms with Gasteiger partial charge in [0.05, 0.1) is 30.7 Å². The molecule has 1 saturated carbocycles. The Kier molecular flexibility index (Phi) is 4.73. The first-order valence-electron chi connectivity index (χ1n) is 11.0. The van der Waals surface area contributed by atoms with E-state index in [2.05, 4.69) is 16.3 Å². The summed E-state index contributed by atoms with van der Waals surface area (Å²) < 4.78 is 6.30. The van der Waals surface area contributed by atoms with Gasteiger partial charge in [-0.05, 0) is 24.8 Å². The number of rotatable bonds is 5. The Labute approximate surface area is 171 Å². The molecule has 3 aliphatic heterocycles. The average molecular weight is 399 g/mol. The van der Waals surface area contributed by atoms with Crippen molar-refractivity contribution in [3.05, 3.63) is 30.1 Å². The number of amides is 2. The van der Waals surface area contributed by atoms with Crippen LogP contribution in [-0.4, -0.2) is 69.7 Å². The van der Waals surface area contributed by atoms with Crippen molar-refractivity contribution in [2.75, 3.05) is 20.1 Å². The number of likely N-dealkylation sites (tertiary alicyclic amines) is 1. The van der Waals surface area contributed by atoms with Gasteiger partial charge in [0.1, 0.15) is 5.60 Å². The Morgan fingerprint density at radius 3 is 2.86 bits per heavy atom. The molecule has 1 aliphatic carbocycles. The maximum Gasteiger partial charge on any atom is 0.230 e. The van der Waals surface area contributed by atoms with Crippen LogP contribution in [0, 0.1) is 11.8 Å². The lowest BCUT2D eigenvalue weighted by Gasteiger charge is -2.30. The fourth-order valence-electron chi connectivity index (χ4n) is 5.76. The van der Waals surface area contributed by atoms with E-state index in [0.717, 1.165) is 24.8 Å². The third kappa shape index (κ3) is 3.10. The van der Waals surface area contributed by atoms with Gasteiger partial charge in [0, 0.05) is 25.8 Å². The van der Waals surface area contributed by atoms with Crippen molar-refractivity contribution < 1.29 is 14.3 Å². The molecule has 1 aromatic rings. The van der Waals surface area contributed by atoms with Crippen LogP contribution in [-0.2, 0) is 20.7 Å². The van der Waals surface area contributed by atoms with Gasteiger partial charge in [0.15, 0.2) is 0 Å². The summed E-state index contributed by atoms with van der Waals surface area (Å²) in [4.78, 5) is 30.6. The first-order chi connectivity index (χ1) is 14.1. The second-order valence-corrected chi connectivity index (χ2v) is 9.13. The summed E-state index contributed by atoms with van der Waals surface area (Å²) in [6.07, 6.45) is 15.2. The molecule has 4 aliphatic rings. The normalized spacial score (nSPS) is 33.9. The van der Waals surface area contributed by atoms with Gasteiger partial charge in [-0.1, -0.05) is 37.8 Å². The molecule has 7 nitrogen and oxygen atoms in total. The lowest BCUT2D eigenvalue weighted by atomic mass is 9.76. The van der Waals surface area contributed by atoms with Gasteiger partial charge in [0.2, 0.25) is 11.8 Å². The number of likely N-dealkylation sites (N-methyl/N-ethyl adjacent to an activating group) is 1. The molecule has 1 spiro atoms. The predicted molar refractivity (Wildman–Crippen MR) is 107 cm³/mol. The summed E-state index contributed by atoms with van der Waals surface area (Å²) in [5.41, 5.74) is 0.474. The molecule has 2 saturated heterocycles. The number of ether oxygens (including phenoxy) is 1. The third-order valence-corrected chi connectivity index (χ3v) is 7.35. The number of carbonyl (C=O) groups excluding carboxylic acids is 2. The fourth-order valence-corrected chi connectivity index (χ4v) is 5.76. The highest BCUT2D eigenvalue weighted by Gasteiger charge is 2.67. The topological polar surface area (TPSA) is 78.5 Å². The van der Waals surface area contributed by atoms with Crippen molar-refractivity contribution in [1.29, 1.82) is 0 Å². The van der Waals surface area contributed by atoms with Crippen molar-refractivity contribution in [3.8, 4) is 0 Å². The van der Waals surface area contributed by atoms with Gasteiger partial charge in [-0.25, -0.2) is 0 Å². The summed E-state index contributed by atoms with van der Waals surface area (Å²) in [7, 11) is 1.83. The number of aromatic nitrogens is 2. The summed E-state index contributed by atoms with van der Waals surface area (Å²) in [5.74, 6) is -0.627. The Morgan fingerprint density at radius 2 is 2.14 bits per heavy atom. The zero-order valence-corrected chi connectivity index (χ0v) is 17.0. The molecule has 4 atom stereocenters. The number of nitrogens with one attached hydrogen (secondary N) is 1. The van der Waals surface area contributed by atoms with E-state index in [1.807, 2.05) is 24.2 Å². The minimum absolute atomic E-state index is 0.0192. The lowest BCUT2D eigenvalue weighted by molar-refractivity contribution is -0.143. The SMILES string of the molecule is CN(CCc1cn[nH]c1)C(=O)C1C2C(=O)N(C3CCCCCC3)C[C@@]23C=C[C@@H]1O3. The molecule has 4 heterocycles. The predicted octanol–water partition coefficient (Wildman–Crippen LogP) is 1.92. The summed E-state index contributed by atoms with van der Waals surface area (Å²) in [5, 5.41) is 6.76. The molecule has 2 amide bonds. The Morgan fingerprint density at radius 1 is 1.34 bits per heavy atom. The van der Waals surface area contributed by atoms with E-state index >= 15 is 0 Å². The number of carbonyl (C=O) groups is 2. The van der Waals surface area contributed by atoms with Gasteiger partial charge in [-0.15, -0.1) is 0 Å². The van der Waals surface area contributed by atoms with Gasteiger partial charge in [0.25, 0.3) is 0 Å². The molecule has 1 N–H and O–H groups in total. The number of fused-ring (bicyclic) bond motifs is 1. The molecule has 5 rings (SSSR count). The van der Waals surface area contributed by atoms with E-state index in [-0.39, 0.29) is 23.8 Å². The molecule has 3 fully saturated rings. The molecule has 0 radical (unpaired) electrons. The third-order valence-electron chi connectivity index (χ3n) is 7.35. The second-order valence-electron chi connectivity index (χ2n) is 9.13. The van der Waals surface area contributed by atoms with Crippen LogP contribution in [0.1, 0.15) is 44.1 Å². The van der Waals surface area contributed by atoms with Crippen LogP contribution in [0.4, 0.5) is 0 Å². The van der Waals surface area contributed by atoms with E-state index in [1.54, 1.807) is 11.1 Å². The number of H-pyrrole nitrogens is 1. The molecule has 0 aromatic carbocycles. The standard InChI is InChI=1S/C22H30N4O3/c1-25(11-9-15-12-23-24-13-15)20(27)18-17-8-10-22(29-17)14-26(21(28)19(18)22)16-6-4-2-3-5-7-16/h8,10,12-13,16-19H,2-7,9,11,14H2,1H3,(H,23,24)/t17-,18?,19?,22-/m0/s1. The summed E-state index contributed by atoms with van der Waals surface area (Å²) in [6, 6.07) is 0.301. The molecule has 2 bridgehead atoms. The molecule has 29 heavy (non-hydrogen) atoms. The maximum absolute atomic E-state index is 13.5. The van der Waals surface area contributed by atoms with Crippen molar-refractivity contribution in [3.63, 3.8) is 0 Å². The quantitative estimate of drug-likeness (QED) is 0.607. The monoisotopic (exact) mass is 398 g/mol. The highest BCUT2D eigenvalue weighted by molar-refractivity contribution is 5.93. The zero-order chi connectivity index (χ0) is 20.0. The minimum Gasteiger partial charge on any atom is -0.360 e. The lowest BCUT2D eigenvalue weighted by Crippen LogP contribution is -2.45. The molecular formula is C22H30N4O3. The van der Waals surface area contributed by atoms with E-state index in [9.17, 15) is 9.59 Å². The smallest absolute Gasteiger partial charge is 0.230 e. The van der Waals surface area contributed by atoms with Crippen LogP contribution >= 0.6 is 0 Å². The van der Waals surface area contributed by atoms with Crippen molar-refractivity contribution in [2.45, 2.75) is 62.7 Å². The Bertz CT molecular complexity index is 799. The molecular weight excluding hydrogens is 368 g/mol. The average Bonchev–Trinajstić information content (AvgIpc) is 3.45. The first kappa shape index (κ1) is 18.9. The Hall–Kier alpha value is -2.15. The number of aromatic amines is 1. The summed E-state index contributed by atoms with van der Waals surface area (Å²) in [6.45, 7) is 1.21. The number of hydrogen-bond donors (Lipinski definition) is 1. The highest BCUT2D eigenvalue weighted by Crippen LogP contribution is 2.53. The largest absolute Gasteiger partial charge is 0.360 e. The first-order valence-corrected chi connectivity index (χ1v) is 11.0. The van der Waals surface area contributed by atoms with E-state index in [4.69, 9.17) is 4.74 Å². The van der Waals surface area contributed by atoms with Gasteiger partial charge in [-0.2, -0.15) is 5.10 Å². The van der Waals surface area contributed by atoms with Crippen LogP contribution in [0.25, 0.3) is 0 Å².